The van der Waals surface area contributed by atoms with Crippen molar-refractivity contribution in [3.05, 3.63) is 17.7 Å². The van der Waals surface area contributed by atoms with Gasteiger partial charge in [0.05, 0.1) is 13.2 Å². The van der Waals surface area contributed by atoms with Crippen LogP contribution in [0.1, 0.15) is 39.7 Å². The first-order chi connectivity index (χ1) is 11.1. The lowest BCUT2D eigenvalue weighted by Crippen LogP contribution is -2.10. The maximum absolute atomic E-state index is 11.7. The molecule has 1 N–H and O–H groups in total. The van der Waals surface area contributed by atoms with Crippen molar-refractivity contribution in [2.45, 2.75) is 51.5 Å². The van der Waals surface area contributed by atoms with E-state index in [9.17, 15) is 13.0 Å². The number of methoxy groups -OCH3 is 1. The number of benzene rings is 1. The SMILES string of the molecule is COc1cc(CCCOCC(C)C)c(S(=O)(=O)O)cc1OC(C)C. The molecule has 0 aliphatic heterocycles. The lowest BCUT2D eigenvalue weighted by molar-refractivity contribution is 0.108. The second kappa shape index (κ2) is 9.25. The van der Waals surface area contributed by atoms with E-state index in [-0.39, 0.29) is 11.0 Å². The molecule has 0 saturated heterocycles. The molecule has 0 fully saturated rings. The Morgan fingerprint density at radius 3 is 2.29 bits per heavy atom. The highest BCUT2D eigenvalue weighted by Gasteiger charge is 2.20. The van der Waals surface area contributed by atoms with Crippen LogP contribution in [0.2, 0.25) is 0 Å². The Balaban J connectivity index is 3.00. The van der Waals surface area contributed by atoms with Crippen molar-refractivity contribution < 1.29 is 27.2 Å². The standard InChI is InChI=1S/C17H28O6S/c1-12(2)11-22-8-6-7-14-9-15(21-5)16(23-13(3)4)10-17(14)24(18,19)20/h9-10,12-13H,6-8,11H2,1-5H3,(H,18,19,20). The highest BCUT2D eigenvalue weighted by atomic mass is 32.2. The summed E-state index contributed by atoms with van der Waals surface area (Å²) in [7, 11) is -2.86. The molecule has 0 atom stereocenters. The number of ether oxygens (including phenoxy) is 3. The van der Waals surface area contributed by atoms with Crippen LogP contribution in [0.25, 0.3) is 0 Å². The molecule has 0 unspecified atom stereocenters. The van der Waals surface area contributed by atoms with Gasteiger partial charge >= 0.3 is 0 Å². The maximum Gasteiger partial charge on any atom is 0.294 e. The van der Waals surface area contributed by atoms with Crippen molar-refractivity contribution in [1.29, 1.82) is 0 Å². The minimum Gasteiger partial charge on any atom is -0.493 e. The molecule has 0 aromatic heterocycles. The molecule has 138 valence electrons. The molecule has 1 aromatic rings. The van der Waals surface area contributed by atoms with E-state index >= 15 is 0 Å². The van der Waals surface area contributed by atoms with Gasteiger partial charge in [-0.05, 0) is 44.2 Å². The van der Waals surface area contributed by atoms with Crippen LogP contribution in [0, 0.1) is 5.92 Å². The first kappa shape index (κ1) is 20.7. The summed E-state index contributed by atoms with van der Waals surface area (Å²) in [5.41, 5.74) is 0.485. The first-order valence-electron chi connectivity index (χ1n) is 8.08. The van der Waals surface area contributed by atoms with Crippen LogP contribution < -0.4 is 9.47 Å². The van der Waals surface area contributed by atoms with Crippen LogP contribution in [0.5, 0.6) is 11.5 Å². The van der Waals surface area contributed by atoms with Crippen LogP contribution >= 0.6 is 0 Å². The van der Waals surface area contributed by atoms with Gasteiger partial charge in [-0.2, -0.15) is 8.42 Å². The zero-order valence-electron chi connectivity index (χ0n) is 15.0. The summed E-state index contributed by atoms with van der Waals surface area (Å²) < 4.78 is 49.3. The van der Waals surface area contributed by atoms with Gasteiger partial charge in [-0.25, -0.2) is 0 Å². The van der Waals surface area contributed by atoms with E-state index in [0.29, 0.717) is 49.0 Å². The second-order valence-electron chi connectivity index (χ2n) is 6.32. The smallest absolute Gasteiger partial charge is 0.294 e. The number of hydrogen-bond donors (Lipinski definition) is 1. The van der Waals surface area contributed by atoms with Crippen LogP contribution in [0.4, 0.5) is 0 Å². The molecule has 0 amide bonds. The Morgan fingerprint density at radius 2 is 1.79 bits per heavy atom. The molecule has 0 heterocycles. The quantitative estimate of drug-likeness (QED) is 0.509. The molecule has 24 heavy (non-hydrogen) atoms. The van der Waals surface area contributed by atoms with Crippen molar-refractivity contribution in [1.82, 2.24) is 0 Å². The summed E-state index contributed by atoms with van der Waals surface area (Å²) >= 11 is 0. The topological polar surface area (TPSA) is 82.1 Å². The Hall–Kier alpha value is -1.31. The highest BCUT2D eigenvalue weighted by molar-refractivity contribution is 7.85. The van der Waals surface area contributed by atoms with E-state index in [0.717, 1.165) is 0 Å². The predicted molar refractivity (Wildman–Crippen MR) is 92.6 cm³/mol. The van der Waals surface area contributed by atoms with Gasteiger partial charge in [0.1, 0.15) is 4.90 Å². The highest BCUT2D eigenvalue weighted by Crippen LogP contribution is 2.34. The molecule has 0 radical (unpaired) electrons. The van der Waals surface area contributed by atoms with E-state index in [1.54, 1.807) is 6.07 Å². The molecule has 1 aromatic carbocycles. The first-order valence-corrected chi connectivity index (χ1v) is 9.52. The summed E-state index contributed by atoms with van der Waals surface area (Å²) in [6, 6.07) is 2.92. The summed E-state index contributed by atoms with van der Waals surface area (Å²) in [5.74, 6) is 1.18. The van der Waals surface area contributed by atoms with Gasteiger partial charge < -0.3 is 14.2 Å². The van der Waals surface area contributed by atoms with Gasteiger partial charge in [-0.3, -0.25) is 4.55 Å². The summed E-state index contributed by atoms with van der Waals surface area (Å²) in [5, 5.41) is 0. The van der Waals surface area contributed by atoms with Gasteiger partial charge in [-0.1, -0.05) is 13.8 Å². The molecular formula is C17H28O6S. The Morgan fingerprint density at radius 1 is 1.12 bits per heavy atom. The molecule has 6 nitrogen and oxygen atoms in total. The maximum atomic E-state index is 11.7. The molecule has 0 spiro atoms. The van der Waals surface area contributed by atoms with Crippen molar-refractivity contribution in [3.8, 4) is 11.5 Å². The minimum absolute atomic E-state index is 0.150. The van der Waals surface area contributed by atoms with E-state index in [2.05, 4.69) is 13.8 Å². The lowest BCUT2D eigenvalue weighted by Gasteiger charge is -2.17. The third-order valence-electron chi connectivity index (χ3n) is 3.17. The average molecular weight is 360 g/mol. The number of hydrogen-bond acceptors (Lipinski definition) is 5. The average Bonchev–Trinajstić information content (AvgIpc) is 2.45. The summed E-state index contributed by atoms with van der Waals surface area (Å²) in [6.45, 7) is 8.97. The molecule has 0 bridgehead atoms. The Labute approximate surface area is 144 Å². The zero-order valence-corrected chi connectivity index (χ0v) is 15.9. The fraction of sp³-hybridized carbons (Fsp3) is 0.647. The van der Waals surface area contributed by atoms with Crippen LogP contribution in [0.15, 0.2) is 17.0 Å². The van der Waals surface area contributed by atoms with Gasteiger partial charge in [0, 0.05) is 19.3 Å². The van der Waals surface area contributed by atoms with Crippen LogP contribution in [0.3, 0.4) is 0 Å². The van der Waals surface area contributed by atoms with Gasteiger partial charge in [0.2, 0.25) is 0 Å². The van der Waals surface area contributed by atoms with E-state index in [1.165, 1.54) is 13.2 Å². The van der Waals surface area contributed by atoms with Crippen LogP contribution in [-0.2, 0) is 21.3 Å². The van der Waals surface area contributed by atoms with Crippen molar-refractivity contribution in [2.24, 2.45) is 5.92 Å². The molecule has 0 aliphatic carbocycles. The fourth-order valence-electron chi connectivity index (χ4n) is 2.21. The predicted octanol–water partition coefficient (Wildman–Crippen LogP) is 3.33. The molecular weight excluding hydrogens is 332 g/mol. The monoisotopic (exact) mass is 360 g/mol. The molecule has 0 aliphatic rings. The van der Waals surface area contributed by atoms with Crippen molar-refractivity contribution in [2.75, 3.05) is 20.3 Å². The van der Waals surface area contributed by atoms with Crippen molar-refractivity contribution >= 4 is 10.1 Å². The number of aryl methyl sites for hydroxylation is 1. The summed E-state index contributed by atoms with van der Waals surface area (Å²) in [4.78, 5) is -0.150. The lowest BCUT2D eigenvalue weighted by atomic mass is 10.1. The number of rotatable bonds is 10. The van der Waals surface area contributed by atoms with Crippen LogP contribution in [-0.4, -0.2) is 39.4 Å². The van der Waals surface area contributed by atoms with Gasteiger partial charge in [-0.15, -0.1) is 0 Å². The van der Waals surface area contributed by atoms with E-state index in [1.807, 2.05) is 13.8 Å². The third-order valence-corrected chi connectivity index (χ3v) is 4.11. The molecule has 0 saturated carbocycles. The normalized spacial score (nSPS) is 12.0. The van der Waals surface area contributed by atoms with E-state index in [4.69, 9.17) is 14.2 Å². The van der Waals surface area contributed by atoms with E-state index < -0.39 is 10.1 Å². The third kappa shape index (κ3) is 6.67. The summed E-state index contributed by atoms with van der Waals surface area (Å²) in [6.07, 6.45) is 0.942. The Kier molecular flexibility index (Phi) is 7.99. The molecule has 7 heteroatoms. The van der Waals surface area contributed by atoms with Crippen molar-refractivity contribution in [3.63, 3.8) is 0 Å². The zero-order chi connectivity index (χ0) is 18.3. The fourth-order valence-corrected chi connectivity index (χ4v) is 2.96. The minimum atomic E-state index is -4.35. The van der Waals surface area contributed by atoms with Gasteiger partial charge in [0.15, 0.2) is 11.5 Å². The largest absolute Gasteiger partial charge is 0.493 e. The van der Waals surface area contributed by atoms with Gasteiger partial charge in [0.25, 0.3) is 10.1 Å². The molecule has 1 rings (SSSR count). The second-order valence-corrected chi connectivity index (χ2v) is 7.71. The Bertz CT molecular complexity index is 622.